The summed E-state index contributed by atoms with van der Waals surface area (Å²) in [5.41, 5.74) is 0.371. The number of aliphatic hydroxyl groups excluding tert-OH is 1. The maximum absolute atomic E-state index is 9.98. The lowest BCUT2D eigenvalue weighted by Crippen LogP contribution is -2.51. The van der Waals surface area contributed by atoms with Crippen LogP contribution in [0.1, 0.15) is 46.1 Å². The molecule has 0 aromatic heterocycles. The molecule has 0 fully saturated rings. The molecule has 3 heteroatoms. The lowest BCUT2D eigenvalue weighted by Gasteiger charge is -2.37. The van der Waals surface area contributed by atoms with Gasteiger partial charge < -0.3 is 15.2 Å². The Kier molecular flexibility index (Phi) is 6.66. The maximum Gasteiger partial charge on any atom is 0.0906 e. The molecule has 0 aliphatic carbocycles. The zero-order valence-corrected chi connectivity index (χ0v) is 13.3. The summed E-state index contributed by atoms with van der Waals surface area (Å²) < 4.78 is 6.06. The molecule has 114 valence electrons. The Morgan fingerprint density at radius 1 is 1.15 bits per heavy atom. The van der Waals surface area contributed by atoms with Gasteiger partial charge in [0.2, 0.25) is 0 Å². The molecule has 0 heterocycles. The molecule has 2 N–H and O–H groups in total. The number of rotatable bonds is 9. The maximum atomic E-state index is 9.98. The summed E-state index contributed by atoms with van der Waals surface area (Å²) in [5.74, 6) is 0. The highest BCUT2D eigenvalue weighted by atomic mass is 16.5. The fraction of sp³-hybridized carbons (Fsp3) is 0.647. The van der Waals surface area contributed by atoms with Crippen molar-refractivity contribution in [1.29, 1.82) is 0 Å². The molecule has 20 heavy (non-hydrogen) atoms. The number of aliphatic hydroxyl groups is 1. The van der Waals surface area contributed by atoms with E-state index >= 15 is 0 Å². The van der Waals surface area contributed by atoms with E-state index in [-0.39, 0.29) is 12.2 Å². The third-order valence-corrected chi connectivity index (χ3v) is 3.87. The van der Waals surface area contributed by atoms with Crippen molar-refractivity contribution in [2.24, 2.45) is 0 Å². The predicted molar refractivity (Wildman–Crippen MR) is 83.8 cm³/mol. The molecule has 0 spiro atoms. The minimum Gasteiger partial charge on any atom is -0.394 e. The molecule has 1 unspecified atom stereocenters. The van der Waals surface area contributed by atoms with Gasteiger partial charge in [-0.25, -0.2) is 0 Å². The fourth-order valence-electron chi connectivity index (χ4n) is 1.97. The average Bonchev–Trinajstić information content (AvgIpc) is 2.49. The van der Waals surface area contributed by atoms with Gasteiger partial charge in [0.1, 0.15) is 0 Å². The summed E-state index contributed by atoms with van der Waals surface area (Å²) in [4.78, 5) is 0. The van der Waals surface area contributed by atoms with Crippen molar-refractivity contribution in [2.45, 2.75) is 51.7 Å². The van der Waals surface area contributed by atoms with E-state index in [4.69, 9.17) is 4.74 Å². The van der Waals surface area contributed by atoms with Crippen LogP contribution in [0.5, 0.6) is 0 Å². The number of hydrogen-bond donors (Lipinski definition) is 2. The standard InChI is InChI=1S/C17H29NO2/c1-5-12-18-17(13-19,14-20-16(3,4)6-2)15-10-8-7-9-11-15/h7-11,18-19H,5-6,12-14H2,1-4H3. The normalized spacial score (nSPS) is 15.1. The lowest BCUT2D eigenvalue weighted by molar-refractivity contribution is -0.0633. The molecule has 1 rings (SSSR count). The van der Waals surface area contributed by atoms with E-state index in [0.717, 1.165) is 24.9 Å². The van der Waals surface area contributed by atoms with Gasteiger partial charge in [-0.3, -0.25) is 0 Å². The second-order valence-corrected chi connectivity index (χ2v) is 5.93. The second kappa shape index (κ2) is 7.77. The van der Waals surface area contributed by atoms with Gasteiger partial charge in [0, 0.05) is 0 Å². The Hall–Kier alpha value is -0.900. The summed E-state index contributed by atoms with van der Waals surface area (Å²) in [6.45, 7) is 9.75. The molecule has 1 aromatic rings. The van der Waals surface area contributed by atoms with Crippen LogP contribution in [0.15, 0.2) is 30.3 Å². The topological polar surface area (TPSA) is 41.5 Å². The Labute approximate surface area is 123 Å². The van der Waals surface area contributed by atoms with Crippen molar-refractivity contribution < 1.29 is 9.84 Å². The van der Waals surface area contributed by atoms with Gasteiger partial charge in [-0.15, -0.1) is 0 Å². The largest absolute Gasteiger partial charge is 0.394 e. The van der Waals surface area contributed by atoms with Gasteiger partial charge in [-0.1, -0.05) is 44.2 Å². The van der Waals surface area contributed by atoms with Crippen LogP contribution >= 0.6 is 0 Å². The third-order valence-electron chi connectivity index (χ3n) is 3.87. The van der Waals surface area contributed by atoms with Crippen LogP contribution in [-0.2, 0) is 10.3 Å². The monoisotopic (exact) mass is 279 g/mol. The van der Waals surface area contributed by atoms with Crippen molar-refractivity contribution in [1.82, 2.24) is 5.32 Å². The first-order valence-corrected chi connectivity index (χ1v) is 7.55. The van der Waals surface area contributed by atoms with E-state index in [1.807, 2.05) is 30.3 Å². The molecule has 3 nitrogen and oxygen atoms in total. The predicted octanol–water partition coefficient (Wildman–Crippen LogP) is 3.08. The summed E-state index contributed by atoms with van der Waals surface area (Å²) in [6.07, 6.45) is 1.96. The van der Waals surface area contributed by atoms with Crippen LogP contribution in [0.2, 0.25) is 0 Å². The minimum atomic E-state index is -0.524. The summed E-state index contributed by atoms with van der Waals surface area (Å²) in [6, 6.07) is 10.1. The molecule has 1 aromatic carbocycles. The van der Waals surface area contributed by atoms with Crippen LogP contribution in [0.3, 0.4) is 0 Å². The SMILES string of the molecule is CCCNC(CO)(COC(C)(C)CC)c1ccccc1. The Balaban J connectivity index is 2.94. The molecule has 0 amide bonds. The van der Waals surface area contributed by atoms with E-state index in [1.165, 1.54) is 0 Å². The highest BCUT2D eigenvalue weighted by molar-refractivity contribution is 5.25. The van der Waals surface area contributed by atoms with Crippen LogP contribution in [0, 0.1) is 0 Å². The molecule has 0 saturated carbocycles. The number of hydrogen-bond acceptors (Lipinski definition) is 3. The molecule has 0 saturated heterocycles. The van der Waals surface area contributed by atoms with Crippen LogP contribution < -0.4 is 5.32 Å². The third kappa shape index (κ3) is 4.58. The van der Waals surface area contributed by atoms with Crippen LogP contribution in [0.4, 0.5) is 0 Å². The van der Waals surface area contributed by atoms with E-state index in [9.17, 15) is 5.11 Å². The van der Waals surface area contributed by atoms with Crippen LogP contribution in [-0.4, -0.2) is 30.5 Å². The minimum absolute atomic E-state index is 0.0246. The van der Waals surface area contributed by atoms with Crippen molar-refractivity contribution in [3.8, 4) is 0 Å². The number of benzene rings is 1. The van der Waals surface area contributed by atoms with Crippen molar-refractivity contribution in [3.63, 3.8) is 0 Å². The van der Waals surface area contributed by atoms with E-state index in [0.29, 0.717) is 6.61 Å². The van der Waals surface area contributed by atoms with Crippen molar-refractivity contribution >= 4 is 0 Å². The van der Waals surface area contributed by atoms with Gasteiger partial charge in [0.25, 0.3) is 0 Å². The first-order chi connectivity index (χ1) is 9.49. The van der Waals surface area contributed by atoms with Gasteiger partial charge in [-0.05, 0) is 38.8 Å². The van der Waals surface area contributed by atoms with Gasteiger partial charge in [0.15, 0.2) is 0 Å². The number of ether oxygens (including phenoxy) is 1. The summed E-state index contributed by atoms with van der Waals surface area (Å²) >= 11 is 0. The van der Waals surface area contributed by atoms with E-state index < -0.39 is 5.54 Å². The van der Waals surface area contributed by atoms with E-state index in [2.05, 4.69) is 33.0 Å². The van der Waals surface area contributed by atoms with E-state index in [1.54, 1.807) is 0 Å². The molecular formula is C17H29NO2. The molecular weight excluding hydrogens is 250 g/mol. The zero-order chi connectivity index (χ0) is 15.1. The average molecular weight is 279 g/mol. The highest BCUT2D eigenvalue weighted by Gasteiger charge is 2.33. The quantitative estimate of drug-likeness (QED) is 0.730. The summed E-state index contributed by atoms with van der Waals surface area (Å²) in [7, 11) is 0. The fourth-order valence-corrected chi connectivity index (χ4v) is 1.97. The van der Waals surface area contributed by atoms with Gasteiger partial charge in [0.05, 0.1) is 24.4 Å². The molecule has 0 radical (unpaired) electrons. The number of nitrogens with one attached hydrogen (secondary N) is 1. The second-order valence-electron chi connectivity index (χ2n) is 5.93. The van der Waals surface area contributed by atoms with Crippen LogP contribution in [0.25, 0.3) is 0 Å². The first kappa shape index (κ1) is 17.2. The Morgan fingerprint density at radius 3 is 2.30 bits per heavy atom. The first-order valence-electron chi connectivity index (χ1n) is 7.55. The summed E-state index contributed by atoms with van der Waals surface area (Å²) in [5, 5.41) is 13.5. The molecule has 0 bridgehead atoms. The lowest BCUT2D eigenvalue weighted by atomic mass is 9.90. The van der Waals surface area contributed by atoms with Crippen molar-refractivity contribution in [2.75, 3.05) is 19.8 Å². The molecule has 0 aliphatic rings. The smallest absolute Gasteiger partial charge is 0.0906 e. The Morgan fingerprint density at radius 2 is 1.80 bits per heavy atom. The highest BCUT2D eigenvalue weighted by Crippen LogP contribution is 2.25. The zero-order valence-electron chi connectivity index (χ0n) is 13.3. The van der Waals surface area contributed by atoms with Crippen molar-refractivity contribution in [3.05, 3.63) is 35.9 Å². The molecule has 1 atom stereocenters. The Bertz CT molecular complexity index is 378. The van der Waals surface area contributed by atoms with Gasteiger partial charge in [-0.2, -0.15) is 0 Å². The van der Waals surface area contributed by atoms with Gasteiger partial charge >= 0.3 is 0 Å². The molecule has 0 aliphatic heterocycles.